The van der Waals surface area contributed by atoms with Crippen LogP contribution in [0.15, 0.2) is 84.9 Å². The number of rotatable bonds is 7. The summed E-state index contributed by atoms with van der Waals surface area (Å²) in [4.78, 5) is 25.4. The van der Waals surface area contributed by atoms with E-state index in [1.807, 2.05) is 61.5 Å². The van der Waals surface area contributed by atoms with Crippen LogP contribution < -0.4 is 0 Å². The van der Waals surface area contributed by atoms with E-state index >= 15 is 0 Å². The number of carbonyl (C=O) groups is 2. The van der Waals surface area contributed by atoms with Crippen LogP contribution in [0.5, 0.6) is 0 Å². The lowest BCUT2D eigenvalue weighted by Crippen LogP contribution is -2.13. The summed E-state index contributed by atoms with van der Waals surface area (Å²) < 4.78 is 20.3. The van der Waals surface area contributed by atoms with Crippen molar-refractivity contribution in [2.24, 2.45) is 0 Å². The van der Waals surface area contributed by atoms with Gasteiger partial charge in [-0.05, 0) is 42.3 Å². The lowest BCUT2D eigenvalue weighted by molar-refractivity contribution is -0.136. The number of halogens is 1. The molecule has 0 atom stereocenters. The fraction of sp³-hybridized carbons (Fsp3) is 0.111. The van der Waals surface area contributed by atoms with Gasteiger partial charge in [-0.1, -0.05) is 60.7 Å². The van der Waals surface area contributed by atoms with Gasteiger partial charge >= 0.3 is 5.97 Å². The van der Waals surface area contributed by atoms with E-state index in [4.69, 9.17) is 4.74 Å². The standard InChI is InChI=1S/C27H22FNO3/c1-2-29-23-11-7-6-10-22(23)26(27(29)20-8-4-3-5-9-20)24(30)18-32-25(31)17-14-19-12-15-21(28)16-13-19/h3-17H,2,18H2,1H3/b17-14+. The van der Waals surface area contributed by atoms with Crippen LogP contribution in [0.4, 0.5) is 4.39 Å². The molecule has 5 heteroatoms. The minimum Gasteiger partial charge on any atom is -0.454 e. The van der Waals surface area contributed by atoms with Gasteiger partial charge in [-0.15, -0.1) is 0 Å². The summed E-state index contributed by atoms with van der Waals surface area (Å²) in [5, 5.41) is 0.830. The van der Waals surface area contributed by atoms with Gasteiger partial charge < -0.3 is 9.30 Å². The molecule has 32 heavy (non-hydrogen) atoms. The Morgan fingerprint density at radius 1 is 0.938 bits per heavy atom. The Balaban J connectivity index is 1.61. The third kappa shape index (κ3) is 4.37. The highest BCUT2D eigenvalue weighted by Crippen LogP contribution is 2.34. The molecule has 0 unspecified atom stereocenters. The second-order valence-corrected chi connectivity index (χ2v) is 7.27. The fourth-order valence-electron chi connectivity index (χ4n) is 3.81. The Bertz CT molecular complexity index is 1290. The third-order valence-electron chi connectivity index (χ3n) is 5.24. The number of hydrogen-bond acceptors (Lipinski definition) is 3. The van der Waals surface area contributed by atoms with Crippen molar-refractivity contribution >= 4 is 28.7 Å². The van der Waals surface area contributed by atoms with E-state index < -0.39 is 5.97 Å². The number of aryl methyl sites for hydroxylation is 1. The minimum absolute atomic E-state index is 0.268. The first kappa shape index (κ1) is 21.2. The lowest BCUT2D eigenvalue weighted by Gasteiger charge is -2.10. The van der Waals surface area contributed by atoms with E-state index in [0.29, 0.717) is 17.7 Å². The third-order valence-corrected chi connectivity index (χ3v) is 5.24. The molecular weight excluding hydrogens is 405 g/mol. The molecule has 0 bridgehead atoms. The minimum atomic E-state index is -0.636. The first-order valence-electron chi connectivity index (χ1n) is 10.4. The smallest absolute Gasteiger partial charge is 0.331 e. The van der Waals surface area contributed by atoms with E-state index in [9.17, 15) is 14.0 Å². The maximum Gasteiger partial charge on any atom is 0.331 e. The summed E-state index contributed by atoms with van der Waals surface area (Å²) in [6.45, 7) is 2.36. The topological polar surface area (TPSA) is 48.3 Å². The molecule has 0 aliphatic heterocycles. The molecule has 0 aliphatic carbocycles. The predicted octanol–water partition coefficient (Wildman–Crippen LogP) is 5.91. The number of fused-ring (bicyclic) bond motifs is 1. The fourth-order valence-corrected chi connectivity index (χ4v) is 3.81. The van der Waals surface area contributed by atoms with Crippen molar-refractivity contribution in [3.05, 3.63) is 102 Å². The zero-order valence-corrected chi connectivity index (χ0v) is 17.6. The van der Waals surface area contributed by atoms with Crippen molar-refractivity contribution in [3.8, 4) is 11.3 Å². The SMILES string of the molecule is CCn1c(-c2ccccc2)c(C(=O)COC(=O)/C=C/c2ccc(F)cc2)c2ccccc21. The summed E-state index contributed by atoms with van der Waals surface area (Å²) in [6, 6.07) is 23.2. The summed E-state index contributed by atoms with van der Waals surface area (Å²) in [7, 11) is 0. The number of aromatic nitrogens is 1. The molecule has 0 amide bonds. The monoisotopic (exact) mass is 427 g/mol. The van der Waals surface area contributed by atoms with Gasteiger partial charge in [-0.25, -0.2) is 9.18 Å². The zero-order valence-electron chi connectivity index (χ0n) is 17.6. The largest absolute Gasteiger partial charge is 0.454 e. The van der Waals surface area contributed by atoms with Crippen LogP contribution in [0.2, 0.25) is 0 Å². The molecule has 4 rings (SSSR count). The Labute approximate surface area is 185 Å². The molecule has 4 aromatic rings. The number of benzene rings is 3. The van der Waals surface area contributed by atoms with E-state index in [2.05, 4.69) is 4.57 Å². The van der Waals surface area contributed by atoms with Gasteiger partial charge in [-0.2, -0.15) is 0 Å². The summed E-state index contributed by atoms with van der Waals surface area (Å²) in [5.41, 5.74) is 3.91. The number of carbonyl (C=O) groups excluding carboxylic acids is 2. The zero-order chi connectivity index (χ0) is 22.5. The highest BCUT2D eigenvalue weighted by molar-refractivity contribution is 6.14. The number of para-hydroxylation sites is 1. The molecule has 0 saturated carbocycles. The van der Waals surface area contributed by atoms with Crippen LogP contribution in [0.3, 0.4) is 0 Å². The molecule has 0 saturated heterocycles. The molecule has 0 N–H and O–H groups in total. The highest BCUT2D eigenvalue weighted by Gasteiger charge is 2.23. The molecule has 1 heterocycles. The first-order valence-corrected chi connectivity index (χ1v) is 10.4. The van der Waals surface area contributed by atoms with Gasteiger partial charge in [0.2, 0.25) is 5.78 Å². The summed E-state index contributed by atoms with van der Waals surface area (Å²) >= 11 is 0. The predicted molar refractivity (Wildman–Crippen MR) is 124 cm³/mol. The van der Waals surface area contributed by atoms with Crippen molar-refractivity contribution in [1.82, 2.24) is 4.57 Å². The van der Waals surface area contributed by atoms with E-state index in [-0.39, 0.29) is 18.2 Å². The number of hydrogen-bond donors (Lipinski definition) is 0. The average Bonchev–Trinajstić information content (AvgIpc) is 3.17. The summed E-state index contributed by atoms with van der Waals surface area (Å²) in [5.74, 6) is -1.25. The lowest BCUT2D eigenvalue weighted by atomic mass is 10.0. The van der Waals surface area contributed by atoms with E-state index in [1.54, 1.807) is 12.1 Å². The number of esters is 1. The van der Waals surface area contributed by atoms with Crippen LogP contribution in [0.1, 0.15) is 22.8 Å². The second kappa shape index (κ2) is 9.43. The van der Waals surface area contributed by atoms with E-state index in [1.165, 1.54) is 24.3 Å². The number of ketones is 1. The van der Waals surface area contributed by atoms with Gasteiger partial charge in [0.25, 0.3) is 0 Å². The Morgan fingerprint density at radius 2 is 1.62 bits per heavy atom. The molecule has 3 aromatic carbocycles. The molecule has 0 radical (unpaired) electrons. The van der Waals surface area contributed by atoms with E-state index in [0.717, 1.165) is 22.2 Å². The van der Waals surface area contributed by atoms with Crippen LogP contribution in [-0.4, -0.2) is 22.9 Å². The maximum atomic E-state index is 13.2. The van der Waals surface area contributed by atoms with Crippen LogP contribution in [0, 0.1) is 5.82 Å². The quantitative estimate of drug-likeness (QED) is 0.209. The average molecular weight is 427 g/mol. The number of Topliss-reactive ketones (excluding diaryl/α,β-unsaturated/α-hetero) is 1. The highest BCUT2D eigenvalue weighted by atomic mass is 19.1. The van der Waals surface area contributed by atoms with Gasteiger partial charge in [0.15, 0.2) is 6.61 Å². The van der Waals surface area contributed by atoms with Crippen LogP contribution >= 0.6 is 0 Å². The maximum absolute atomic E-state index is 13.2. The van der Waals surface area contributed by atoms with Crippen molar-refractivity contribution in [2.45, 2.75) is 13.5 Å². The molecule has 0 aliphatic rings. The molecular formula is C27H22FNO3. The normalized spacial score (nSPS) is 11.2. The van der Waals surface area contributed by atoms with Crippen molar-refractivity contribution < 1.29 is 18.7 Å². The Hall–Kier alpha value is -3.99. The molecule has 160 valence electrons. The van der Waals surface area contributed by atoms with Crippen molar-refractivity contribution in [3.63, 3.8) is 0 Å². The molecule has 0 spiro atoms. The number of nitrogens with zero attached hydrogens (tertiary/aromatic N) is 1. The second-order valence-electron chi connectivity index (χ2n) is 7.27. The van der Waals surface area contributed by atoms with Crippen molar-refractivity contribution in [1.29, 1.82) is 0 Å². The van der Waals surface area contributed by atoms with Gasteiger partial charge in [0, 0.05) is 23.5 Å². The van der Waals surface area contributed by atoms with Crippen molar-refractivity contribution in [2.75, 3.05) is 6.61 Å². The Morgan fingerprint density at radius 3 is 2.34 bits per heavy atom. The van der Waals surface area contributed by atoms with Crippen LogP contribution in [0.25, 0.3) is 28.2 Å². The first-order chi connectivity index (χ1) is 15.6. The van der Waals surface area contributed by atoms with Gasteiger partial charge in [0.05, 0.1) is 11.3 Å². The van der Waals surface area contributed by atoms with Crippen LogP contribution in [-0.2, 0) is 16.1 Å². The molecule has 0 fully saturated rings. The number of ether oxygens (including phenoxy) is 1. The Kier molecular flexibility index (Phi) is 6.26. The summed E-state index contributed by atoms with van der Waals surface area (Å²) in [6.07, 6.45) is 2.75. The van der Waals surface area contributed by atoms with Gasteiger partial charge in [0.1, 0.15) is 5.82 Å². The van der Waals surface area contributed by atoms with Gasteiger partial charge in [-0.3, -0.25) is 4.79 Å². The molecule has 4 nitrogen and oxygen atoms in total. The molecule has 1 aromatic heterocycles.